The van der Waals surface area contributed by atoms with E-state index >= 15 is 0 Å². The highest BCUT2D eigenvalue weighted by molar-refractivity contribution is 6.30. The summed E-state index contributed by atoms with van der Waals surface area (Å²) in [5.41, 5.74) is 3.34. The number of hydrazine groups is 1. The smallest absolute Gasteiger partial charge is 0.288 e. The molecule has 0 spiro atoms. The molecule has 0 radical (unpaired) electrons. The summed E-state index contributed by atoms with van der Waals surface area (Å²) in [6, 6.07) is 5.70. The topological polar surface area (TPSA) is 32.3 Å². The maximum absolute atomic E-state index is 13.1. The largest absolute Gasteiger partial charge is 0.405 e. The van der Waals surface area contributed by atoms with Crippen LogP contribution < -0.4 is 5.43 Å². The number of alkyl halides is 3. The fraction of sp³-hybridized carbons (Fsp3) is 0.533. The van der Waals surface area contributed by atoms with E-state index in [0.29, 0.717) is 24.3 Å². The van der Waals surface area contributed by atoms with E-state index in [4.69, 9.17) is 11.6 Å². The molecular weight excluding hydrogens is 317 g/mol. The van der Waals surface area contributed by atoms with E-state index in [1.807, 2.05) is 12.1 Å². The first-order valence-corrected chi connectivity index (χ1v) is 7.61. The fourth-order valence-electron chi connectivity index (χ4n) is 2.54. The summed E-state index contributed by atoms with van der Waals surface area (Å²) in [6.45, 7) is 0.111. The van der Waals surface area contributed by atoms with Crippen LogP contribution in [0.4, 0.5) is 13.2 Å². The Balaban J connectivity index is 1.81. The summed E-state index contributed by atoms with van der Waals surface area (Å²) in [7, 11) is 0. The third-order valence-electron chi connectivity index (χ3n) is 3.71. The number of nitrogens with zero attached hydrogens (tertiary/aromatic N) is 1. The highest BCUT2D eigenvalue weighted by Gasteiger charge is 2.45. The minimum absolute atomic E-state index is 0.0165. The summed E-state index contributed by atoms with van der Waals surface area (Å²) in [6.07, 6.45) is -2.41. The van der Waals surface area contributed by atoms with Crippen molar-refractivity contribution >= 4 is 17.5 Å². The molecule has 0 aliphatic carbocycles. The third kappa shape index (κ3) is 4.88. The predicted molar refractivity (Wildman–Crippen MR) is 78.3 cm³/mol. The molecule has 3 nitrogen and oxygen atoms in total. The number of rotatable bonds is 6. The van der Waals surface area contributed by atoms with Crippen molar-refractivity contribution in [2.24, 2.45) is 0 Å². The van der Waals surface area contributed by atoms with E-state index in [9.17, 15) is 18.0 Å². The van der Waals surface area contributed by atoms with E-state index in [1.165, 1.54) is 0 Å². The van der Waals surface area contributed by atoms with Crippen molar-refractivity contribution in [1.82, 2.24) is 10.4 Å². The van der Waals surface area contributed by atoms with Gasteiger partial charge in [-0.25, -0.2) is 5.01 Å². The molecule has 1 N–H and O–H groups in total. The van der Waals surface area contributed by atoms with Gasteiger partial charge in [-0.3, -0.25) is 10.2 Å². The molecule has 0 bridgehead atoms. The highest BCUT2D eigenvalue weighted by atomic mass is 35.5. The van der Waals surface area contributed by atoms with Gasteiger partial charge in [0.15, 0.2) is 0 Å². The van der Waals surface area contributed by atoms with Crippen LogP contribution in [-0.4, -0.2) is 29.7 Å². The predicted octanol–water partition coefficient (Wildman–Crippen LogP) is 3.72. The minimum atomic E-state index is -4.34. The zero-order chi connectivity index (χ0) is 16.2. The zero-order valence-corrected chi connectivity index (χ0v) is 12.8. The number of halogens is 4. The monoisotopic (exact) mass is 334 g/mol. The van der Waals surface area contributed by atoms with Gasteiger partial charge in [0.1, 0.15) is 6.04 Å². The molecule has 1 aliphatic rings. The lowest BCUT2D eigenvalue weighted by Crippen LogP contribution is -2.49. The molecule has 0 unspecified atom stereocenters. The summed E-state index contributed by atoms with van der Waals surface area (Å²) < 4.78 is 39.3. The zero-order valence-electron chi connectivity index (χ0n) is 12.0. The van der Waals surface area contributed by atoms with Gasteiger partial charge in [0.05, 0.1) is 0 Å². The molecule has 1 aliphatic heterocycles. The first-order valence-electron chi connectivity index (χ1n) is 7.23. The van der Waals surface area contributed by atoms with Gasteiger partial charge in [0.25, 0.3) is 0 Å². The number of carbonyl (C=O) groups is 1. The molecule has 1 heterocycles. The van der Waals surface area contributed by atoms with Gasteiger partial charge in [0, 0.05) is 18.0 Å². The standard InChI is InChI=1S/C15H18ClF3N2O/c16-12-7-5-11(6-8-12)3-1-2-4-13(15(17,18)19)21-10-9-14(22)20-21/h5-8,13H,1-4,9-10H2,(H,20,22)/t13-/m0/s1. The lowest BCUT2D eigenvalue weighted by molar-refractivity contribution is -0.190. The van der Waals surface area contributed by atoms with Crippen molar-refractivity contribution in [2.45, 2.75) is 44.3 Å². The van der Waals surface area contributed by atoms with Crippen LogP contribution >= 0.6 is 11.6 Å². The quantitative estimate of drug-likeness (QED) is 0.804. The van der Waals surface area contributed by atoms with Gasteiger partial charge in [-0.1, -0.05) is 30.2 Å². The molecule has 0 aromatic heterocycles. The summed E-state index contributed by atoms with van der Waals surface area (Å²) in [5, 5.41) is 1.66. The number of hydrogen-bond acceptors (Lipinski definition) is 2. The molecule has 7 heteroatoms. The van der Waals surface area contributed by atoms with Crippen molar-refractivity contribution in [3.8, 4) is 0 Å². The second kappa shape index (κ2) is 7.33. The number of amides is 1. The van der Waals surface area contributed by atoms with Gasteiger partial charge >= 0.3 is 6.18 Å². The van der Waals surface area contributed by atoms with Crippen LogP contribution in [0.2, 0.25) is 5.02 Å². The van der Waals surface area contributed by atoms with Gasteiger partial charge < -0.3 is 0 Å². The summed E-state index contributed by atoms with van der Waals surface area (Å²) in [5.74, 6) is -0.351. The van der Waals surface area contributed by atoms with E-state index in [2.05, 4.69) is 5.43 Å². The second-order valence-corrected chi connectivity index (χ2v) is 5.84. The molecule has 1 saturated heterocycles. The average molecular weight is 335 g/mol. The molecule has 0 saturated carbocycles. The third-order valence-corrected chi connectivity index (χ3v) is 3.96. The number of carbonyl (C=O) groups excluding carboxylic acids is 1. The minimum Gasteiger partial charge on any atom is -0.288 e. The van der Waals surface area contributed by atoms with Crippen molar-refractivity contribution in [3.63, 3.8) is 0 Å². The number of hydrogen-bond donors (Lipinski definition) is 1. The van der Waals surface area contributed by atoms with Crippen molar-refractivity contribution in [1.29, 1.82) is 0 Å². The molecule has 1 amide bonds. The van der Waals surface area contributed by atoms with Gasteiger partial charge in [0.2, 0.25) is 5.91 Å². The van der Waals surface area contributed by atoms with Crippen LogP contribution in [0, 0.1) is 0 Å². The van der Waals surface area contributed by atoms with Crippen molar-refractivity contribution < 1.29 is 18.0 Å². The van der Waals surface area contributed by atoms with Crippen LogP contribution in [0.1, 0.15) is 31.2 Å². The molecule has 1 fully saturated rings. The number of aryl methyl sites for hydroxylation is 1. The second-order valence-electron chi connectivity index (χ2n) is 5.41. The van der Waals surface area contributed by atoms with Gasteiger partial charge in [-0.15, -0.1) is 0 Å². The Hall–Kier alpha value is -1.27. The van der Waals surface area contributed by atoms with E-state index in [0.717, 1.165) is 10.6 Å². The van der Waals surface area contributed by atoms with Crippen LogP contribution in [0.25, 0.3) is 0 Å². The Kier molecular flexibility index (Phi) is 5.69. The SMILES string of the molecule is O=C1CCN([C@@H](CCCCc2ccc(Cl)cc2)C(F)(F)F)N1. The normalized spacial score (nSPS) is 17.5. The Morgan fingerprint density at radius 1 is 1.23 bits per heavy atom. The van der Waals surface area contributed by atoms with Crippen LogP contribution in [0.5, 0.6) is 0 Å². The number of nitrogens with one attached hydrogen (secondary N) is 1. The van der Waals surface area contributed by atoms with Crippen molar-refractivity contribution in [3.05, 3.63) is 34.9 Å². The van der Waals surface area contributed by atoms with Crippen LogP contribution in [0.3, 0.4) is 0 Å². The molecular formula is C15H18ClF3N2O. The van der Waals surface area contributed by atoms with Crippen molar-refractivity contribution in [2.75, 3.05) is 6.54 Å². The van der Waals surface area contributed by atoms with Gasteiger partial charge in [-0.2, -0.15) is 13.2 Å². The molecule has 1 aromatic carbocycles. The Morgan fingerprint density at radius 2 is 1.91 bits per heavy atom. The first-order chi connectivity index (χ1) is 10.4. The molecule has 22 heavy (non-hydrogen) atoms. The van der Waals surface area contributed by atoms with E-state index in [1.54, 1.807) is 12.1 Å². The van der Waals surface area contributed by atoms with Crippen LogP contribution in [-0.2, 0) is 11.2 Å². The summed E-state index contributed by atoms with van der Waals surface area (Å²) in [4.78, 5) is 11.1. The molecule has 2 rings (SSSR count). The Morgan fingerprint density at radius 3 is 2.45 bits per heavy atom. The number of unbranched alkanes of at least 4 members (excludes halogenated alkanes) is 1. The van der Waals surface area contributed by atoms with E-state index < -0.39 is 12.2 Å². The Bertz CT molecular complexity index is 505. The highest BCUT2D eigenvalue weighted by Crippen LogP contribution is 2.29. The van der Waals surface area contributed by atoms with E-state index in [-0.39, 0.29) is 25.3 Å². The molecule has 1 atom stereocenters. The maximum atomic E-state index is 13.1. The van der Waals surface area contributed by atoms with Gasteiger partial charge in [-0.05, 0) is 37.0 Å². The molecule has 122 valence electrons. The lowest BCUT2D eigenvalue weighted by atomic mass is 10.0. The number of benzene rings is 1. The summed E-state index contributed by atoms with van der Waals surface area (Å²) >= 11 is 5.78. The molecule has 1 aromatic rings. The van der Waals surface area contributed by atoms with Crippen LogP contribution in [0.15, 0.2) is 24.3 Å². The lowest BCUT2D eigenvalue weighted by Gasteiger charge is -2.28. The first kappa shape index (κ1) is 17.1. The fourth-order valence-corrected chi connectivity index (χ4v) is 2.67. The average Bonchev–Trinajstić information content (AvgIpc) is 2.85. The maximum Gasteiger partial charge on any atom is 0.405 e. The Labute approximate surface area is 132 Å².